The minimum atomic E-state index is -1.16. The lowest BCUT2D eigenvalue weighted by molar-refractivity contribution is 0.0890. The van der Waals surface area contributed by atoms with E-state index < -0.39 is 11.6 Å². The lowest BCUT2D eigenvalue weighted by Crippen LogP contribution is -2.53. The smallest absolute Gasteiger partial charge is 0.409 e. The van der Waals surface area contributed by atoms with Crippen LogP contribution in [-0.2, 0) is 0 Å². The molecular formula is C33H35ClN8O5. The molecule has 0 atom stereocenters. The van der Waals surface area contributed by atoms with Gasteiger partial charge in [0.15, 0.2) is 5.82 Å². The number of ether oxygens (including phenoxy) is 1. The quantitative estimate of drug-likeness (QED) is 0.121. The van der Waals surface area contributed by atoms with Crippen molar-refractivity contribution >= 4 is 64.0 Å². The van der Waals surface area contributed by atoms with Crippen molar-refractivity contribution in [2.24, 2.45) is 0 Å². The van der Waals surface area contributed by atoms with Crippen molar-refractivity contribution in [3.63, 3.8) is 0 Å². The Morgan fingerprint density at radius 2 is 1.68 bits per heavy atom. The maximum Gasteiger partial charge on any atom is 0.409 e. The van der Waals surface area contributed by atoms with Crippen molar-refractivity contribution in [2.75, 3.05) is 48.1 Å². The average Bonchev–Trinajstić information content (AvgIpc) is 3.06. The standard InChI is InChI=1S/C33H35ClN8O5/c1-33(41-29(43)20-8-10-21(11-9-20)37-32(45)46)14-16-42(17-15-33)22-12-13-26(27(18-22)47-3)39-31-36-19-24(34)28(40-31)38-25-7-5-4-6-23(25)30(44)35-2/h4-13,18-19,37H,14-17H2,1-3H3,(H,35,44)(H,41,43)(H,45,46)(H2,36,38,39,40). The number of anilines is 6. The average molecular weight is 659 g/mol. The van der Waals surface area contributed by atoms with Gasteiger partial charge in [0.05, 0.1) is 30.2 Å². The summed E-state index contributed by atoms with van der Waals surface area (Å²) in [5.74, 6) is 0.731. The van der Waals surface area contributed by atoms with E-state index in [1.807, 2.05) is 25.1 Å². The topological polar surface area (TPSA) is 170 Å². The van der Waals surface area contributed by atoms with Gasteiger partial charge in [0.1, 0.15) is 10.8 Å². The molecule has 5 rings (SSSR count). The van der Waals surface area contributed by atoms with E-state index in [0.717, 1.165) is 18.5 Å². The molecule has 0 aliphatic carbocycles. The Balaban J connectivity index is 1.23. The van der Waals surface area contributed by atoms with E-state index in [2.05, 4.69) is 41.5 Å². The van der Waals surface area contributed by atoms with Gasteiger partial charge < -0.3 is 36.0 Å². The number of piperidine rings is 1. The van der Waals surface area contributed by atoms with Crippen molar-refractivity contribution in [1.29, 1.82) is 0 Å². The number of nitrogens with zero attached hydrogens (tertiary/aromatic N) is 3. The molecule has 244 valence electrons. The molecule has 1 saturated heterocycles. The lowest BCUT2D eigenvalue weighted by Gasteiger charge is -2.41. The monoisotopic (exact) mass is 658 g/mol. The molecule has 0 spiro atoms. The Hall–Kier alpha value is -5.56. The second-order valence-corrected chi connectivity index (χ2v) is 11.6. The van der Waals surface area contributed by atoms with Gasteiger partial charge in [0.25, 0.3) is 11.8 Å². The van der Waals surface area contributed by atoms with E-state index in [1.54, 1.807) is 62.7 Å². The predicted octanol–water partition coefficient (Wildman–Crippen LogP) is 5.86. The summed E-state index contributed by atoms with van der Waals surface area (Å²) in [5, 5.41) is 23.5. The molecule has 1 aliphatic heterocycles. The van der Waals surface area contributed by atoms with Crippen LogP contribution in [-0.4, -0.2) is 65.8 Å². The number of carboxylic acid groups (broad SMARTS) is 1. The Morgan fingerprint density at radius 1 is 0.957 bits per heavy atom. The molecule has 0 bridgehead atoms. The molecule has 13 nitrogen and oxygen atoms in total. The molecule has 2 heterocycles. The normalized spacial score (nSPS) is 13.7. The van der Waals surface area contributed by atoms with Crippen LogP contribution in [0.25, 0.3) is 0 Å². The number of amides is 3. The third kappa shape index (κ3) is 8.00. The van der Waals surface area contributed by atoms with Crippen LogP contribution in [0.5, 0.6) is 5.75 Å². The van der Waals surface area contributed by atoms with Gasteiger partial charge >= 0.3 is 6.09 Å². The summed E-state index contributed by atoms with van der Waals surface area (Å²) in [6.07, 6.45) is 1.75. The van der Waals surface area contributed by atoms with Crippen molar-refractivity contribution in [2.45, 2.75) is 25.3 Å². The fourth-order valence-corrected chi connectivity index (χ4v) is 5.36. The molecule has 1 aliphatic rings. The number of methoxy groups -OCH3 is 1. The highest BCUT2D eigenvalue weighted by atomic mass is 35.5. The Kier molecular flexibility index (Phi) is 9.95. The fraction of sp³-hybridized carbons (Fsp3) is 0.242. The van der Waals surface area contributed by atoms with E-state index in [-0.39, 0.29) is 22.8 Å². The van der Waals surface area contributed by atoms with Crippen molar-refractivity contribution in [1.82, 2.24) is 20.6 Å². The highest BCUT2D eigenvalue weighted by Crippen LogP contribution is 2.35. The van der Waals surface area contributed by atoms with Crippen molar-refractivity contribution < 1.29 is 24.2 Å². The summed E-state index contributed by atoms with van der Waals surface area (Å²) in [7, 11) is 3.15. The van der Waals surface area contributed by atoms with Crippen LogP contribution in [0.15, 0.2) is 72.9 Å². The summed E-state index contributed by atoms with van der Waals surface area (Å²) in [6, 6.07) is 19.2. The third-order valence-corrected chi connectivity index (χ3v) is 8.15. The number of aromatic nitrogens is 2. The van der Waals surface area contributed by atoms with Crippen molar-refractivity contribution in [3.05, 3.63) is 89.1 Å². The Morgan fingerprint density at radius 3 is 2.36 bits per heavy atom. The van der Waals surface area contributed by atoms with Crippen LogP contribution in [0, 0.1) is 0 Å². The van der Waals surface area contributed by atoms with E-state index in [4.69, 9.17) is 21.4 Å². The zero-order valence-electron chi connectivity index (χ0n) is 26.1. The number of carbonyl (C=O) groups is 3. The number of benzene rings is 3. The summed E-state index contributed by atoms with van der Waals surface area (Å²) < 4.78 is 5.70. The van der Waals surface area contributed by atoms with E-state index in [0.29, 0.717) is 52.8 Å². The second-order valence-electron chi connectivity index (χ2n) is 11.2. The fourth-order valence-electron chi connectivity index (χ4n) is 5.23. The maximum absolute atomic E-state index is 12.9. The summed E-state index contributed by atoms with van der Waals surface area (Å²) in [4.78, 5) is 47.2. The molecule has 14 heteroatoms. The third-order valence-electron chi connectivity index (χ3n) is 7.87. The van der Waals surface area contributed by atoms with Gasteiger partial charge in [-0.25, -0.2) is 9.78 Å². The maximum atomic E-state index is 12.9. The zero-order chi connectivity index (χ0) is 33.6. The number of halogens is 1. The minimum Gasteiger partial charge on any atom is -0.494 e. The molecule has 0 unspecified atom stereocenters. The molecule has 3 amide bonds. The molecule has 6 N–H and O–H groups in total. The molecule has 47 heavy (non-hydrogen) atoms. The summed E-state index contributed by atoms with van der Waals surface area (Å²) in [6.45, 7) is 3.45. The van der Waals surface area contributed by atoms with Gasteiger partial charge in [0, 0.05) is 48.7 Å². The van der Waals surface area contributed by atoms with Gasteiger partial charge in [0.2, 0.25) is 5.95 Å². The SMILES string of the molecule is CNC(=O)c1ccccc1Nc1nc(Nc2ccc(N3CCC(C)(NC(=O)c4ccc(NC(=O)O)cc4)CC3)cc2OC)ncc1Cl. The first-order valence-electron chi connectivity index (χ1n) is 14.8. The molecule has 3 aromatic carbocycles. The minimum absolute atomic E-state index is 0.210. The van der Waals surface area contributed by atoms with E-state index >= 15 is 0 Å². The van der Waals surface area contributed by atoms with Gasteiger partial charge in [-0.05, 0) is 68.3 Å². The van der Waals surface area contributed by atoms with Crippen LogP contribution >= 0.6 is 11.6 Å². The highest BCUT2D eigenvalue weighted by Gasteiger charge is 2.32. The molecule has 1 aromatic heterocycles. The van der Waals surface area contributed by atoms with Crippen molar-refractivity contribution in [3.8, 4) is 5.75 Å². The number of hydrogen-bond donors (Lipinski definition) is 6. The first-order valence-corrected chi connectivity index (χ1v) is 15.2. The van der Waals surface area contributed by atoms with Crippen LogP contribution in [0.1, 0.15) is 40.5 Å². The highest BCUT2D eigenvalue weighted by molar-refractivity contribution is 6.33. The zero-order valence-corrected chi connectivity index (χ0v) is 26.8. The Bertz CT molecular complexity index is 1780. The summed E-state index contributed by atoms with van der Waals surface area (Å²) in [5.41, 5.74) is 3.05. The van der Waals surface area contributed by atoms with Gasteiger partial charge in [-0.15, -0.1) is 0 Å². The molecule has 0 saturated carbocycles. The van der Waals surface area contributed by atoms with Crippen LogP contribution in [0.2, 0.25) is 5.02 Å². The van der Waals surface area contributed by atoms with Gasteiger partial charge in [-0.2, -0.15) is 4.98 Å². The predicted molar refractivity (Wildman–Crippen MR) is 182 cm³/mol. The molecular weight excluding hydrogens is 624 g/mol. The number of rotatable bonds is 10. The van der Waals surface area contributed by atoms with Crippen LogP contribution in [0.4, 0.5) is 39.3 Å². The van der Waals surface area contributed by atoms with E-state index in [1.165, 1.54) is 6.20 Å². The van der Waals surface area contributed by atoms with Gasteiger partial charge in [-0.3, -0.25) is 14.9 Å². The van der Waals surface area contributed by atoms with Crippen LogP contribution < -0.4 is 36.2 Å². The first kappa shape index (κ1) is 32.8. The molecule has 4 aromatic rings. The molecule has 1 fully saturated rings. The number of para-hydroxylation sites is 1. The lowest BCUT2D eigenvalue weighted by atomic mass is 9.89. The Labute approximate surface area is 276 Å². The number of carbonyl (C=O) groups excluding carboxylic acids is 2. The summed E-state index contributed by atoms with van der Waals surface area (Å²) >= 11 is 6.39. The van der Waals surface area contributed by atoms with E-state index in [9.17, 15) is 14.4 Å². The number of hydrogen-bond acceptors (Lipinski definition) is 9. The second kappa shape index (κ2) is 14.3. The first-order chi connectivity index (χ1) is 22.6. The largest absolute Gasteiger partial charge is 0.494 e. The number of nitrogens with one attached hydrogen (secondary N) is 5. The van der Waals surface area contributed by atoms with Crippen LogP contribution in [0.3, 0.4) is 0 Å². The van der Waals surface area contributed by atoms with Gasteiger partial charge in [-0.1, -0.05) is 23.7 Å². The molecule has 0 radical (unpaired) electrons.